The van der Waals surface area contributed by atoms with Crippen LogP contribution >= 0.6 is 55.9 Å². The monoisotopic (exact) mass is 428 g/mol. The van der Waals surface area contributed by atoms with Gasteiger partial charge in [-0.15, -0.1) is 0 Å². The molecule has 1 aliphatic carbocycles. The highest BCUT2D eigenvalue weighted by atomic mass is 127. The van der Waals surface area contributed by atoms with Gasteiger partial charge in [-0.05, 0) is 68.4 Å². The minimum atomic E-state index is 0.604. The molecule has 2 nitrogen and oxygen atoms in total. The second-order valence-electron chi connectivity index (χ2n) is 3.93. The second-order valence-corrected chi connectivity index (χ2v) is 7.17. The van der Waals surface area contributed by atoms with Crippen molar-refractivity contribution in [2.24, 2.45) is 0 Å². The quantitative estimate of drug-likeness (QED) is 0.479. The third kappa shape index (κ3) is 1.82. The van der Waals surface area contributed by atoms with Crippen LogP contribution in [0.4, 0.5) is 0 Å². The second kappa shape index (κ2) is 4.38. The highest BCUT2D eigenvalue weighted by molar-refractivity contribution is 14.2. The lowest BCUT2D eigenvalue weighted by Crippen LogP contribution is -1.88. The molecule has 0 saturated heterocycles. The van der Waals surface area contributed by atoms with Crippen molar-refractivity contribution in [2.45, 2.75) is 18.8 Å². The van der Waals surface area contributed by atoms with Crippen molar-refractivity contribution >= 4 is 66.8 Å². The summed E-state index contributed by atoms with van der Waals surface area (Å²) in [5.74, 6) is 0.650. The third-order valence-corrected chi connectivity index (χ3v) is 5.92. The lowest BCUT2D eigenvalue weighted by molar-refractivity contribution is 1.04. The lowest BCUT2D eigenvalue weighted by atomic mass is 10.1. The van der Waals surface area contributed by atoms with Crippen LogP contribution in [0, 0.1) is 0 Å². The van der Waals surface area contributed by atoms with Gasteiger partial charge in [-0.3, -0.25) is 0 Å². The van der Waals surface area contributed by atoms with E-state index in [0.717, 1.165) is 15.0 Å². The van der Waals surface area contributed by atoms with Crippen molar-refractivity contribution in [3.8, 4) is 0 Å². The molecule has 0 aliphatic heterocycles. The fraction of sp³-hybridized carbons (Fsp3) is 0.300. The van der Waals surface area contributed by atoms with Crippen LogP contribution in [0.3, 0.4) is 0 Å². The number of hydrogen-bond acceptors (Lipinski definition) is 1. The molecule has 1 aromatic heterocycles. The average molecular weight is 429 g/mol. The van der Waals surface area contributed by atoms with Crippen LogP contribution in [-0.2, 0) is 0 Å². The van der Waals surface area contributed by atoms with E-state index in [1.807, 2.05) is 16.7 Å². The van der Waals surface area contributed by atoms with Gasteiger partial charge in [0.25, 0.3) is 0 Å². The zero-order valence-electron chi connectivity index (χ0n) is 8.17. The van der Waals surface area contributed by atoms with E-state index in [4.69, 9.17) is 11.6 Å². The molecule has 84 valence electrons. The molecule has 1 atom stereocenters. The Morgan fingerprint density at radius 1 is 1.56 bits per heavy atom. The van der Waals surface area contributed by atoms with E-state index < -0.39 is 0 Å². The van der Waals surface area contributed by atoms with Gasteiger partial charge in [0.2, 0.25) is 0 Å². The Hall–Kier alpha value is 0.620. The number of aromatic nitrogens is 2. The summed E-state index contributed by atoms with van der Waals surface area (Å²) >= 11 is 12.4. The molecule has 16 heavy (non-hydrogen) atoms. The highest BCUT2D eigenvalue weighted by Gasteiger charge is 2.29. The normalized spacial score (nSPS) is 16.7. The van der Waals surface area contributed by atoms with Crippen LogP contribution in [0.2, 0.25) is 5.02 Å². The van der Waals surface area contributed by atoms with Gasteiger partial charge in [0.05, 0.1) is 18.1 Å². The fourth-order valence-electron chi connectivity index (χ4n) is 1.93. The molecule has 0 bridgehead atoms. The summed E-state index contributed by atoms with van der Waals surface area (Å²) in [5, 5.41) is 6.42. The van der Waals surface area contributed by atoms with Crippen LogP contribution in [0.1, 0.15) is 24.3 Å². The molecule has 1 unspecified atom stereocenters. The molecule has 0 N–H and O–H groups in total. The predicted molar refractivity (Wildman–Crippen MR) is 82.2 cm³/mol. The van der Waals surface area contributed by atoms with E-state index >= 15 is 0 Å². The zero-order chi connectivity index (χ0) is 11.3. The molecule has 0 spiro atoms. The van der Waals surface area contributed by atoms with Crippen molar-refractivity contribution in [1.82, 2.24) is 9.55 Å². The molecule has 1 aliphatic rings. The molecular weight excluding hydrogens is 421 g/mol. The minimum Gasteiger partial charge on any atom is -0.237 e. The van der Waals surface area contributed by atoms with E-state index in [0.29, 0.717) is 12.3 Å². The number of rotatable bonds is 2. The largest absolute Gasteiger partial charge is 0.237 e. The van der Waals surface area contributed by atoms with Crippen LogP contribution in [0.5, 0.6) is 0 Å². The SMILES string of the molecule is Clc1cc2c(cnn2PI)c(Br)c1C1CC1. The lowest BCUT2D eigenvalue weighted by Gasteiger charge is -2.07. The molecule has 1 aromatic carbocycles. The Labute approximate surface area is 122 Å². The number of fused-ring (bicyclic) bond motifs is 1. The number of halogens is 3. The molecule has 1 fully saturated rings. The Kier molecular flexibility index (Phi) is 3.20. The van der Waals surface area contributed by atoms with Crippen LogP contribution < -0.4 is 0 Å². The highest BCUT2D eigenvalue weighted by Crippen LogP contribution is 2.49. The third-order valence-electron chi connectivity index (χ3n) is 2.87. The van der Waals surface area contributed by atoms with Crippen molar-refractivity contribution in [3.05, 3.63) is 27.3 Å². The summed E-state index contributed by atoms with van der Waals surface area (Å²) in [6, 6.07) is 2.05. The van der Waals surface area contributed by atoms with E-state index in [-0.39, 0.29) is 0 Å². The van der Waals surface area contributed by atoms with E-state index in [9.17, 15) is 0 Å². The summed E-state index contributed by atoms with van der Waals surface area (Å²) in [6.45, 7) is 0. The maximum absolute atomic E-state index is 6.36. The number of nitrogens with zero attached hydrogens (tertiary/aromatic N) is 2. The standard InChI is InChI=1S/C10H8BrClIN2P/c11-10-6-4-14-15(16-13)8(6)3-7(12)9(10)5-1-2-5/h3-5,16H,1-2H2. The number of hydrogen-bond donors (Lipinski definition) is 0. The molecule has 6 heteroatoms. The minimum absolute atomic E-state index is 0.604. The summed E-state index contributed by atoms with van der Waals surface area (Å²) < 4.78 is 3.13. The zero-order valence-corrected chi connectivity index (χ0v) is 13.7. The summed E-state index contributed by atoms with van der Waals surface area (Å²) in [7, 11) is 0. The van der Waals surface area contributed by atoms with Gasteiger partial charge in [0, 0.05) is 14.9 Å². The Morgan fingerprint density at radius 2 is 2.31 bits per heavy atom. The van der Waals surface area contributed by atoms with Crippen molar-refractivity contribution in [2.75, 3.05) is 0 Å². The summed E-state index contributed by atoms with van der Waals surface area (Å²) in [6.07, 6.45) is 5.04. The maximum Gasteiger partial charge on any atom is 0.0755 e. The van der Waals surface area contributed by atoms with Gasteiger partial charge in [-0.25, -0.2) is 4.45 Å². The maximum atomic E-state index is 6.36. The molecule has 1 heterocycles. The summed E-state index contributed by atoms with van der Waals surface area (Å²) in [5.41, 5.74) is 2.39. The van der Waals surface area contributed by atoms with Gasteiger partial charge >= 0.3 is 0 Å². The van der Waals surface area contributed by atoms with Crippen LogP contribution in [-0.4, -0.2) is 9.55 Å². The molecular formula is C10H8BrClIN2P. The summed E-state index contributed by atoms with van der Waals surface area (Å²) in [4.78, 5) is 0. The Morgan fingerprint density at radius 3 is 2.94 bits per heavy atom. The van der Waals surface area contributed by atoms with Gasteiger partial charge < -0.3 is 0 Å². The van der Waals surface area contributed by atoms with Crippen LogP contribution in [0.25, 0.3) is 10.9 Å². The van der Waals surface area contributed by atoms with Crippen molar-refractivity contribution in [1.29, 1.82) is 0 Å². The first-order valence-corrected chi connectivity index (χ1v) is 10.2. The smallest absolute Gasteiger partial charge is 0.0755 e. The molecule has 2 aromatic rings. The molecule has 0 radical (unpaired) electrons. The number of benzene rings is 1. The van der Waals surface area contributed by atoms with E-state index in [1.165, 1.54) is 23.8 Å². The van der Waals surface area contributed by atoms with Crippen LogP contribution in [0.15, 0.2) is 16.7 Å². The fourth-order valence-corrected chi connectivity index (χ4v) is 4.77. The topological polar surface area (TPSA) is 17.8 Å². The van der Waals surface area contributed by atoms with Gasteiger partial charge in [-0.1, -0.05) is 11.6 Å². The Bertz CT molecular complexity index is 567. The first-order valence-electron chi connectivity index (χ1n) is 4.94. The Balaban J connectivity index is 2.31. The van der Waals surface area contributed by atoms with Gasteiger partial charge in [0.15, 0.2) is 0 Å². The van der Waals surface area contributed by atoms with E-state index in [1.54, 1.807) is 0 Å². The molecule has 0 amide bonds. The van der Waals surface area contributed by atoms with Gasteiger partial charge in [0.1, 0.15) is 0 Å². The van der Waals surface area contributed by atoms with E-state index in [2.05, 4.69) is 43.1 Å². The van der Waals surface area contributed by atoms with Crippen molar-refractivity contribution in [3.63, 3.8) is 0 Å². The first-order chi connectivity index (χ1) is 7.72. The van der Waals surface area contributed by atoms with Crippen molar-refractivity contribution < 1.29 is 0 Å². The molecule has 3 rings (SSSR count). The van der Waals surface area contributed by atoms with Gasteiger partial charge in [-0.2, -0.15) is 5.10 Å². The first kappa shape index (κ1) is 11.7. The average Bonchev–Trinajstić information content (AvgIpc) is 2.99. The predicted octanol–water partition coefficient (Wildman–Crippen LogP) is 5.12. The molecule has 1 saturated carbocycles.